The third-order valence-electron chi connectivity index (χ3n) is 10.9. The zero-order valence-corrected chi connectivity index (χ0v) is 37.8. The van der Waals surface area contributed by atoms with Crippen molar-refractivity contribution in [2.75, 3.05) is 11.9 Å². The molecule has 1 unspecified atom stereocenters. The highest BCUT2D eigenvalue weighted by Gasteiger charge is 2.33. The van der Waals surface area contributed by atoms with E-state index in [-0.39, 0.29) is 49.7 Å². The van der Waals surface area contributed by atoms with E-state index < -0.39 is 65.7 Å². The summed E-state index contributed by atoms with van der Waals surface area (Å²) in [6.45, 7) is 1.79. The number of allylic oxidation sites excluding steroid dienone is 1. The molecule has 9 N–H and O–H groups in total. The van der Waals surface area contributed by atoms with Gasteiger partial charge in [0.25, 0.3) is 0 Å². The number of hydrogen-bond donors (Lipinski definition) is 8. The number of carboxylic acids is 1. The van der Waals surface area contributed by atoms with Crippen LogP contribution in [0.25, 0.3) is 11.1 Å². The van der Waals surface area contributed by atoms with Gasteiger partial charge in [-0.2, -0.15) is 0 Å². The summed E-state index contributed by atoms with van der Waals surface area (Å²) in [6.07, 6.45) is 3.80. The maximum absolute atomic E-state index is 14.6. The molecule has 348 valence electrons. The Morgan fingerprint density at radius 3 is 1.73 bits per heavy atom. The molecule has 6 amide bonds. The van der Waals surface area contributed by atoms with E-state index in [9.17, 15) is 38.7 Å². The van der Waals surface area contributed by atoms with Gasteiger partial charge in [-0.05, 0) is 85.4 Å². The number of thioether (sulfide) groups is 1. The highest BCUT2D eigenvalue weighted by atomic mass is 32.2. The van der Waals surface area contributed by atoms with E-state index in [1.54, 1.807) is 54.6 Å². The quantitative estimate of drug-likeness (QED) is 0.0430. The fourth-order valence-electron chi connectivity index (χ4n) is 7.25. The summed E-state index contributed by atoms with van der Waals surface area (Å²) < 4.78 is 0. The van der Waals surface area contributed by atoms with E-state index >= 15 is 0 Å². The zero-order chi connectivity index (χ0) is 47.3. The second-order valence-electron chi connectivity index (χ2n) is 16.1. The third kappa shape index (κ3) is 16.7. The number of aliphatic carboxylic acids is 1. The first-order chi connectivity index (χ1) is 31.9. The number of benzene rings is 4. The predicted molar refractivity (Wildman–Crippen MR) is 256 cm³/mol. The Morgan fingerprint density at radius 2 is 1.14 bits per heavy atom. The summed E-state index contributed by atoms with van der Waals surface area (Å²) in [6, 6.07) is 29.1. The maximum Gasteiger partial charge on any atom is 0.326 e. The van der Waals surface area contributed by atoms with Gasteiger partial charge < -0.3 is 42.7 Å². The molecule has 0 saturated carbocycles. The molecule has 4 aromatic carbocycles. The van der Waals surface area contributed by atoms with Crippen LogP contribution in [0.5, 0.6) is 0 Å². The lowest BCUT2D eigenvalue weighted by molar-refractivity contribution is -0.142. The molecule has 16 heteroatoms. The minimum atomic E-state index is -1.25. The standard InChI is InChI=1S/C50H59N7O8S/c1-33(46(60)55-40(50(64)65)21-11-12-28-51)52-47(61)41(30-34-14-5-2-6-15-34)56-48(62)42(31-35-22-24-37(25-23-35)36-16-7-3-8-17-36)57-49(63)43(32-39-20-13-29-66-39)54-45(59)27-26-44(58)53-38-18-9-4-10-19-38/h2-10,13-19,22-25,29,33,39-43H,11-12,20-21,26-28,30-32,51H2,1H3,(H,52,61)(H,53,58)(H,54,59)(H,55,60)(H,56,62)(H,57,63)(H,64,65)/t33-,39?,40-,41+,42-,43+/m0/s1. The van der Waals surface area contributed by atoms with Gasteiger partial charge in [-0.25, -0.2) is 4.79 Å². The molecular weight excluding hydrogens is 859 g/mol. The Morgan fingerprint density at radius 1 is 0.606 bits per heavy atom. The summed E-state index contributed by atoms with van der Waals surface area (Å²) >= 11 is 1.53. The molecular formula is C50H59N7O8S. The summed E-state index contributed by atoms with van der Waals surface area (Å²) in [5, 5.41) is 28.0. The largest absolute Gasteiger partial charge is 0.480 e. The van der Waals surface area contributed by atoms with Crippen molar-refractivity contribution in [1.82, 2.24) is 26.6 Å². The van der Waals surface area contributed by atoms with E-state index in [1.165, 1.54) is 18.7 Å². The number of nitrogens with two attached hydrogens (primary N) is 1. The normalized spacial score (nSPS) is 15.2. The molecule has 1 aliphatic rings. The summed E-state index contributed by atoms with van der Waals surface area (Å²) in [7, 11) is 0. The van der Waals surface area contributed by atoms with Crippen LogP contribution in [-0.2, 0) is 46.4 Å². The average molecular weight is 918 g/mol. The molecule has 15 nitrogen and oxygen atoms in total. The van der Waals surface area contributed by atoms with Crippen LogP contribution in [-0.4, -0.2) is 88.5 Å². The van der Waals surface area contributed by atoms with Crippen LogP contribution in [0.2, 0.25) is 0 Å². The highest BCUT2D eigenvalue weighted by Crippen LogP contribution is 2.28. The lowest BCUT2D eigenvalue weighted by Gasteiger charge is -2.27. The average Bonchev–Trinajstić information content (AvgIpc) is 3.84. The van der Waals surface area contributed by atoms with Crippen molar-refractivity contribution in [3.05, 3.63) is 138 Å². The molecule has 4 aromatic rings. The number of nitrogens with one attached hydrogen (secondary N) is 6. The predicted octanol–water partition coefficient (Wildman–Crippen LogP) is 4.62. The summed E-state index contributed by atoms with van der Waals surface area (Å²) in [4.78, 5) is 94.0. The molecule has 6 atom stereocenters. The lowest BCUT2D eigenvalue weighted by atomic mass is 9.99. The van der Waals surface area contributed by atoms with Crippen LogP contribution >= 0.6 is 11.8 Å². The molecule has 66 heavy (non-hydrogen) atoms. The smallest absolute Gasteiger partial charge is 0.326 e. The van der Waals surface area contributed by atoms with E-state index in [4.69, 9.17) is 5.73 Å². The topological polar surface area (TPSA) is 238 Å². The van der Waals surface area contributed by atoms with E-state index in [1.807, 2.05) is 72.1 Å². The molecule has 0 aliphatic carbocycles. The van der Waals surface area contributed by atoms with Crippen LogP contribution in [0.15, 0.2) is 127 Å². The van der Waals surface area contributed by atoms with Gasteiger partial charge in [0, 0.05) is 36.6 Å². The number of hydrogen-bond acceptors (Lipinski definition) is 9. The first kappa shape index (κ1) is 50.2. The summed E-state index contributed by atoms with van der Waals surface area (Å²) in [5.41, 5.74) is 9.47. The second-order valence-corrected chi connectivity index (χ2v) is 17.3. The zero-order valence-electron chi connectivity index (χ0n) is 37.0. The molecule has 1 aliphatic heterocycles. The number of carboxylic acid groups (broad SMARTS) is 1. The molecule has 0 aromatic heterocycles. The van der Waals surface area contributed by atoms with Crippen LogP contribution in [0.3, 0.4) is 0 Å². The SMILES string of the molecule is C[C@H](NC(=O)[C@@H](Cc1ccccc1)NC(=O)[C@H](Cc1ccc(-c2ccccc2)cc1)NC(=O)[C@@H](CC1CC=CS1)NC(=O)CCC(=O)Nc1ccccc1)C(=O)N[C@@H](CCCCN)C(=O)O. The van der Waals surface area contributed by atoms with Crippen LogP contribution < -0.4 is 37.6 Å². The van der Waals surface area contributed by atoms with Gasteiger partial charge in [0.05, 0.1) is 0 Å². The minimum absolute atomic E-state index is 0.00587. The van der Waals surface area contributed by atoms with Gasteiger partial charge in [0.1, 0.15) is 30.2 Å². The molecule has 0 bridgehead atoms. The van der Waals surface area contributed by atoms with Crippen LogP contribution in [0.4, 0.5) is 5.69 Å². The molecule has 0 spiro atoms. The van der Waals surface area contributed by atoms with Crippen molar-refractivity contribution >= 4 is 58.9 Å². The van der Waals surface area contributed by atoms with Gasteiger partial charge in [0.2, 0.25) is 35.4 Å². The van der Waals surface area contributed by atoms with E-state index in [0.29, 0.717) is 42.6 Å². The monoisotopic (exact) mass is 917 g/mol. The van der Waals surface area contributed by atoms with E-state index in [2.05, 4.69) is 31.9 Å². The molecule has 1 heterocycles. The number of unbranched alkanes of at least 4 members (excludes halogenated alkanes) is 1. The number of carbonyl (C=O) groups excluding carboxylic acids is 6. The molecule has 5 rings (SSSR count). The Kier molecular flexibility index (Phi) is 20.0. The van der Waals surface area contributed by atoms with Crippen LogP contribution in [0, 0.1) is 0 Å². The Balaban J connectivity index is 1.36. The Hall–Kier alpha value is -6.78. The first-order valence-electron chi connectivity index (χ1n) is 22.2. The van der Waals surface area contributed by atoms with Gasteiger partial charge in [-0.15, -0.1) is 11.8 Å². The van der Waals surface area contributed by atoms with Gasteiger partial charge in [0.15, 0.2) is 0 Å². The maximum atomic E-state index is 14.6. The number of anilines is 1. The fourth-order valence-corrected chi connectivity index (χ4v) is 8.22. The highest BCUT2D eigenvalue weighted by molar-refractivity contribution is 8.03. The number of rotatable bonds is 25. The minimum Gasteiger partial charge on any atom is -0.480 e. The first-order valence-corrected chi connectivity index (χ1v) is 23.1. The van der Waals surface area contributed by atoms with Crippen molar-refractivity contribution in [3.63, 3.8) is 0 Å². The van der Waals surface area contributed by atoms with Crippen molar-refractivity contribution < 1.29 is 38.7 Å². The van der Waals surface area contributed by atoms with Crippen LogP contribution in [0.1, 0.15) is 63.0 Å². The fraction of sp³-hybridized carbons (Fsp3) is 0.340. The van der Waals surface area contributed by atoms with Gasteiger partial charge >= 0.3 is 5.97 Å². The van der Waals surface area contributed by atoms with Gasteiger partial charge in [-0.3, -0.25) is 28.8 Å². The third-order valence-corrected chi connectivity index (χ3v) is 12.0. The second kappa shape index (κ2) is 26.2. The van der Waals surface area contributed by atoms with Crippen molar-refractivity contribution in [1.29, 1.82) is 0 Å². The molecule has 0 fully saturated rings. The van der Waals surface area contributed by atoms with Crippen molar-refractivity contribution in [3.8, 4) is 11.1 Å². The summed E-state index contributed by atoms with van der Waals surface area (Å²) in [5.74, 6) is -4.87. The van der Waals surface area contributed by atoms with Gasteiger partial charge in [-0.1, -0.05) is 109 Å². The van der Waals surface area contributed by atoms with Crippen molar-refractivity contribution in [2.45, 2.75) is 100 Å². The number of amides is 6. The number of para-hydroxylation sites is 1. The molecule has 0 saturated heterocycles. The Bertz CT molecular complexity index is 2260. The van der Waals surface area contributed by atoms with Crippen molar-refractivity contribution in [2.24, 2.45) is 5.73 Å². The Labute approximate surface area is 389 Å². The molecule has 0 radical (unpaired) electrons. The van der Waals surface area contributed by atoms with E-state index in [0.717, 1.165) is 11.1 Å². The lowest BCUT2D eigenvalue weighted by Crippen LogP contribution is -2.59. The number of carbonyl (C=O) groups is 7.